The molecule has 1 fully saturated rings. The number of carbonyl (C=O) groups is 1. The number of allylic oxidation sites excluding steroid dienone is 2. The quantitative estimate of drug-likeness (QED) is 0.520. The van der Waals surface area contributed by atoms with E-state index in [1.807, 2.05) is 49.5 Å². The van der Waals surface area contributed by atoms with E-state index in [4.69, 9.17) is 9.98 Å². The molecule has 0 aliphatic carbocycles. The lowest BCUT2D eigenvalue weighted by atomic mass is 9.86. The monoisotopic (exact) mass is 515 g/mol. The Labute approximate surface area is 224 Å². The van der Waals surface area contributed by atoms with Gasteiger partial charge in [0.15, 0.2) is 5.82 Å². The third-order valence-electron chi connectivity index (χ3n) is 7.20. The first-order valence-corrected chi connectivity index (χ1v) is 13.4. The number of carbonyl (C=O) groups excluding carboxylic acids is 1. The highest BCUT2D eigenvalue weighted by molar-refractivity contribution is 6.13. The molecule has 2 aromatic rings. The average Bonchev–Trinajstić information content (AvgIpc) is 3.46. The highest BCUT2D eigenvalue weighted by atomic mass is 16.3. The van der Waals surface area contributed by atoms with Gasteiger partial charge in [-0.2, -0.15) is 5.10 Å². The number of aliphatic hydroxyl groups is 1. The molecule has 1 aromatic carbocycles. The fourth-order valence-corrected chi connectivity index (χ4v) is 5.11. The van der Waals surface area contributed by atoms with Crippen LogP contribution in [0.15, 0.2) is 63.6 Å². The second-order valence-corrected chi connectivity index (χ2v) is 11.2. The van der Waals surface area contributed by atoms with Crippen molar-refractivity contribution < 1.29 is 9.90 Å². The van der Waals surface area contributed by atoms with E-state index in [9.17, 15) is 9.90 Å². The number of benzene rings is 1. The van der Waals surface area contributed by atoms with Crippen LogP contribution < -0.4 is 10.6 Å². The van der Waals surface area contributed by atoms with Crippen LogP contribution in [0.5, 0.6) is 0 Å². The molecule has 3 aliphatic rings. The summed E-state index contributed by atoms with van der Waals surface area (Å²) in [6, 6.07) is 9.92. The van der Waals surface area contributed by atoms with Gasteiger partial charge in [0.1, 0.15) is 11.6 Å². The summed E-state index contributed by atoms with van der Waals surface area (Å²) < 4.78 is 1.77. The van der Waals surface area contributed by atoms with E-state index in [0.717, 1.165) is 48.0 Å². The second kappa shape index (κ2) is 10.6. The van der Waals surface area contributed by atoms with Crippen molar-refractivity contribution >= 4 is 23.7 Å². The Bertz CT molecular complexity index is 1330. The van der Waals surface area contributed by atoms with E-state index in [1.165, 1.54) is 5.56 Å². The number of piperidine rings is 1. The molecular weight excluding hydrogens is 478 g/mol. The lowest BCUT2D eigenvalue weighted by Crippen LogP contribution is -2.47. The van der Waals surface area contributed by atoms with E-state index in [0.29, 0.717) is 30.9 Å². The van der Waals surface area contributed by atoms with Crippen molar-refractivity contribution in [1.82, 2.24) is 20.0 Å². The molecule has 0 spiro atoms. The van der Waals surface area contributed by atoms with Crippen LogP contribution in [-0.4, -0.2) is 63.4 Å². The van der Waals surface area contributed by atoms with Crippen LogP contribution in [0.3, 0.4) is 0 Å². The maximum atomic E-state index is 13.0. The molecule has 3 N–H and O–H groups in total. The molecule has 1 saturated heterocycles. The zero-order chi connectivity index (χ0) is 26.9. The number of hydrogen-bond donors (Lipinski definition) is 3. The lowest BCUT2D eigenvalue weighted by Gasteiger charge is -2.36. The smallest absolute Gasteiger partial charge is 0.251 e. The number of aliphatic hydroxyl groups excluding tert-OH is 1. The SMILES string of the molecule is Cc1cc(NC2=CC3=C(N4CCC[C@H](NC(=O)c5ccc(C(C)(C)C)cc5)C4)N=CCC3=N2)nn1CCO. The summed E-state index contributed by atoms with van der Waals surface area (Å²) in [6.45, 7) is 10.6. The van der Waals surface area contributed by atoms with Crippen molar-refractivity contribution in [2.45, 2.75) is 65.0 Å². The van der Waals surface area contributed by atoms with Crippen LogP contribution in [-0.2, 0) is 12.0 Å². The Morgan fingerprint density at radius 2 is 2.00 bits per heavy atom. The highest BCUT2D eigenvalue weighted by Gasteiger charge is 2.29. The van der Waals surface area contributed by atoms with Gasteiger partial charge < -0.3 is 20.6 Å². The predicted molar refractivity (Wildman–Crippen MR) is 151 cm³/mol. The molecule has 0 bridgehead atoms. The number of anilines is 1. The topological polar surface area (TPSA) is 107 Å². The van der Waals surface area contributed by atoms with Crippen molar-refractivity contribution in [3.63, 3.8) is 0 Å². The van der Waals surface area contributed by atoms with Crippen LogP contribution >= 0.6 is 0 Å². The van der Waals surface area contributed by atoms with Gasteiger partial charge >= 0.3 is 0 Å². The van der Waals surface area contributed by atoms with Gasteiger partial charge in [0.2, 0.25) is 0 Å². The molecule has 0 unspecified atom stereocenters. The summed E-state index contributed by atoms with van der Waals surface area (Å²) in [6.07, 6.45) is 6.53. The molecule has 5 rings (SSSR count). The second-order valence-electron chi connectivity index (χ2n) is 11.2. The van der Waals surface area contributed by atoms with Gasteiger partial charge in [-0.3, -0.25) is 9.48 Å². The van der Waals surface area contributed by atoms with Crippen molar-refractivity contribution in [3.05, 3.63) is 70.4 Å². The molecule has 1 amide bonds. The fraction of sp³-hybridized carbons (Fsp3) is 0.448. The molecule has 0 saturated carbocycles. The van der Waals surface area contributed by atoms with Crippen LogP contribution in [0.1, 0.15) is 61.6 Å². The lowest BCUT2D eigenvalue weighted by molar-refractivity contribution is 0.0913. The number of fused-ring (bicyclic) bond motifs is 1. The van der Waals surface area contributed by atoms with E-state index < -0.39 is 0 Å². The summed E-state index contributed by atoms with van der Waals surface area (Å²) in [5.41, 5.74) is 4.93. The number of likely N-dealkylation sites (tertiary alicyclic amines) is 1. The number of hydrogen-bond acceptors (Lipinski definition) is 7. The maximum Gasteiger partial charge on any atom is 0.251 e. The van der Waals surface area contributed by atoms with Crippen LogP contribution in [0.25, 0.3) is 0 Å². The standard InChI is InChI=1S/C29H37N7O2/c1-19-16-26(34-36(19)14-15-37)33-25-17-23-24(32-25)11-12-30-27(23)35-13-5-6-22(18-35)31-28(38)20-7-9-21(10-8-20)29(2,3)4/h7-10,12,16-17,22,37H,5-6,11,13-15,18H2,1-4H3,(H,31,38)(H,33,34)/t22-/m0/s1. The molecule has 38 heavy (non-hydrogen) atoms. The third kappa shape index (κ3) is 5.57. The van der Waals surface area contributed by atoms with Crippen LogP contribution in [0.4, 0.5) is 5.82 Å². The van der Waals surface area contributed by atoms with Gasteiger partial charge in [-0.05, 0) is 49.0 Å². The molecular formula is C29H37N7O2. The molecule has 4 heterocycles. The van der Waals surface area contributed by atoms with E-state index in [2.05, 4.69) is 41.4 Å². The number of aliphatic imine (C=N–C) groups is 2. The van der Waals surface area contributed by atoms with Crippen molar-refractivity contribution in [1.29, 1.82) is 0 Å². The minimum Gasteiger partial charge on any atom is -0.394 e. The molecule has 9 nitrogen and oxygen atoms in total. The Kier molecular flexibility index (Phi) is 7.21. The summed E-state index contributed by atoms with van der Waals surface area (Å²) >= 11 is 0. The van der Waals surface area contributed by atoms with E-state index in [1.54, 1.807) is 4.68 Å². The number of rotatable bonds is 7. The van der Waals surface area contributed by atoms with Crippen LogP contribution in [0, 0.1) is 6.92 Å². The van der Waals surface area contributed by atoms with Crippen molar-refractivity contribution in [3.8, 4) is 0 Å². The zero-order valence-corrected chi connectivity index (χ0v) is 22.7. The van der Waals surface area contributed by atoms with Crippen LogP contribution in [0.2, 0.25) is 0 Å². The number of aryl methyl sites for hydroxylation is 1. The molecule has 1 aromatic heterocycles. The molecule has 9 heteroatoms. The van der Waals surface area contributed by atoms with Gasteiger partial charge in [0, 0.05) is 54.7 Å². The summed E-state index contributed by atoms with van der Waals surface area (Å²) in [7, 11) is 0. The van der Waals surface area contributed by atoms with Gasteiger partial charge in [-0.25, -0.2) is 9.98 Å². The Balaban J connectivity index is 1.27. The Morgan fingerprint density at radius 3 is 2.74 bits per heavy atom. The Morgan fingerprint density at radius 1 is 1.21 bits per heavy atom. The first-order chi connectivity index (χ1) is 18.2. The van der Waals surface area contributed by atoms with E-state index in [-0.39, 0.29) is 24.0 Å². The number of nitrogens with one attached hydrogen (secondary N) is 2. The zero-order valence-electron chi connectivity index (χ0n) is 22.7. The van der Waals surface area contributed by atoms with E-state index >= 15 is 0 Å². The van der Waals surface area contributed by atoms with Gasteiger partial charge in [0.25, 0.3) is 5.91 Å². The van der Waals surface area contributed by atoms with Crippen molar-refractivity contribution in [2.75, 3.05) is 25.0 Å². The third-order valence-corrected chi connectivity index (χ3v) is 7.20. The van der Waals surface area contributed by atoms with Gasteiger partial charge in [0.05, 0.1) is 18.9 Å². The van der Waals surface area contributed by atoms with Crippen molar-refractivity contribution in [2.24, 2.45) is 9.98 Å². The Hall–Kier alpha value is -3.72. The first-order valence-electron chi connectivity index (χ1n) is 13.4. The normalized spacial score (nSPS) is 19.3. The molecule has 3 aliphatic heterocycles. The summed E-state index contributed by atoms with van der Waals surface area (Å²) in [5, 5.41) is 20.3. The molecule has 0 radical (unpaired) electrons. The van der Waals surface area contributed by atoms with Gasteiger partial charge in [-0.15, -0.1) is 0 Å². The number of aromatic nitrogens is 2. The number of amides is 1. The molecule has 200 valence electrons. The first kappa shape index (κ1) is 25.9. The predicted octanol–water partition coefficient (Wildman–Crippen LogP) is 3.77. The molecule has 1 atom stereocenters. The maximum absolute atomic E-state index is 13.0. The summed E-state index contributed by atoms with van der Waals surface area (Å²) in [5.74, 6) is 2.30. The van der Waals surface area contributed by atoms with Gasteiger partial charge in [-0.1, -0.05) is 32.9 Å². The fourth-order valence-electron chi connectivity index (χ4n) is 5.11. The average molecular weight is 516 g/mol. The summed E-state index contributed by atoms with van der Waals surface area (Å²) in [4.78, 5) is 24.8. The number of nitrogens with zero attached hydrogens (tertiary/aromatic N) is 5. The largest absolute Gasteiger partial charge is 0.394 e. The highest BCUT2D eigenvalue weighted by Crippen LogP contribution is 2.29. The minimum absolute atomic E-state index is 0.0347. The minimum atomic E-state index is -0.0347.